The second-order valence-corrected chi connectivity index (χ2v) is 4.17. The van der Waals surface area contributed by atoms with Crippen molar-refractivity contribution in [3.63, 3.8) is 0 Å². The second-order valence-electron chi connectivity index (χ2n) is 4.17. The molecule has 1 aliphatic rings. The van der Waals surface area contributed by atoms with Crippen molar-refractivity contribution in [2.75, 3.05) is 13.1 Å². The van der Waals surface area contributed by atoms with Gasteiger partial charge in [0, 0.05) is 25.2 Å². The summed E-state index contributed by atoms with van der Waals surface area (Å²) in [5, 5.41) is 6.89. The Morgan fingerprint density at radius 1 is 1.42 bits per heavy atom. The van der Waals surface area contributed by atoms with Crippen molar-refractivity contribution in [1.29, 1.82) is 0 Å². The highest BCUT2D eigenvalue weighted by atomic mass is 15.1. The van der Waals surface area contributed by atoms with Gasteiger partial charge in [0.05, 0.1) is 0 Å². The van der Waals surface area contributed by atoms with E-state index in [9.17, 15) is 0 Å². The Kier molecular flexibility index (Phi) is 4.02. The third kappa shape index (κ3) is 3.11. The van der Waals surface area contributed by atoms with Crippen molar-refractivity contribution < 1.29 is 0 Å². The zero-order chi connectivity index (χ0) is 8.97. The quantitative estimate of drug-likeness (QED) is 0.651. The van der Waals surface area contributed by atoms with Gasteiger partial charge in [0.15, 0.2) is 0 Å². The first-order valence-corrected chi connectivity index (χ1v) is 5.19. The van der Waals surface area contributed by atoms with Crippen LogP contribution < -0.4 is 10.6 Å². The van der Waals surface area contributed by atoms with Gasteiger partial charge in [-0.05, 0) is 19.3 Å². The normalized spacial score (nSPS) is 23.2. The average Bonchev–Trinajstić information content (AvgIpc) is 1.97. The van der Waals surface area contributed by atoms with Crippen LogP contribution in [0, 0.1) is 5.92 Å². The molecule has 2 N–H and O–H groups in total. The molecule has 0 aromatic heterocycles. The van der Waals surface area contributed by atoms with E-state index in [0.29, 0.717) is 6.04 Å². The molecule has 1 heterocycles. The Hall–Kier alpha value is -0.0800. The molecule has 0 saturated carbocycles. The first kappa shape index (κ1) is 10.0. The molecule has 2 nitrogen and oxygen atoms in total. The summed E-state index contributed by atoms with van der Waals surface area (Å²) in [6.07, 6.45) is 2.61. The fraction of sp³-hybridized carbons (Fsp3) is 1.00. The Morgan fingerprint density at radius 2 is 2.08 bits per heavy atom. The molecule has 0 aromatic rings. The minimum absolute atomic E-state index is 0.687. The maximum absolute atomic E-state index is 3.62. The zero-order valence-electron chi connectivity index (χ0n) is 8.56. The molecule has 2 heteroatoms. The van der Waals surface area contributed by atoms with Crippen molar-refractivity contribution in [3.8, 4) is 0 Å². The van der Waals surface area contributed by atoms with Crippen LogP contribution >= 0.6 is 0 Å². The fourth-order valence-corrected chi connectivity index (χ4v) is 1.65. The van der Waals surface area contributed by atoms with Crippen molar-refractivity contribution in [2.45, 2.75) is 45.7 Å². The summed E-state index contributed by atoms with van der Waals surface area (Å²) in [4.78, 5) is 0. The summed E-state index contributed by atoms with van der Waals surface area (Å²) in [5.41, 5.74) is 0. The minimum Gasteiger partial charge on any atom is -0.314 e. The van der Waals surface area contributed by atoms with Crippen LogP contribution in [-0.2, 0) is 0 Å². The standard InChI is InChI=1S/C10H22N2/c1-4-8(2)5-9(3)12-10-6-11-7-10/h8-12H,4-7H2,1-3H3. The van der Waals surface area contributed by atoms with Crippen LogP contribution in [0.15, 0.2) is 0 Å². The fourth-order valence-electron chi connectivity index (χ4n) is 1.65. The van der Waals surface area contributed by atoms with Crippen LogP contribution in [0.4, 0.5) is 0 Å². The zero-order valence-corrected chi connectivity index (χ0v) is 8.56. The topological polar surface area (TPSA) is 24.1 Å². The number of nitrogens with one attached hydrogen (secondary N) is 2. The van der Waals surface area contributed by atoms with E-state index in [1.807, 2.05) is 0 Å². The van der Waals surface area contributed by atoms with E-state index >= 15 is 0 Å². The highest BCUT2D eigenvalue weighted by molar-refractivity contribution is 4.83. The van der Waals surface area contributed by atoms with Gasteiger partial charge in [0.1, 0.15) is 0 Å². The van der Waals surface area contributed by atoms with Crippen LogP contribution in [0.3, 0.4) is 0 Å². The molecular weight excluding hydrogens is 148 g/mol. The molecule has 72 valence electrons. The van der Waals surface area contributed by atoms with Gasteiger partial charge in [0.2, 0.25) is 0 Å². The predicted molar refractivity (Wildman–Crippen MR) is 53.3 cm³/mol. The Morgan fingerprint density at radius 3 is 2.50 bits per heavy atom. The van der Waals surface area contributed by atoms with Gasteiger partial charge in [-0.25, -0.2) is 0 Å². The molecule has 1 saturated heterocycles. The first-order valence-electron chi connectivity index (χ1n) is 5.19. The van der Waals surface area contributed by atoms with Crippen LogP contribution in [0.25, 0.3) is 0 Å². The van der Waals surface area contributed by atoms with E-state index in [4.69, 9.17) is 0 Å². The average molecular weight is 170 g/mol. The smallest absolute Gasteiger partial charge is 0.0319 e. The third-order valence-corrected chi connectivity index (χ3v) is 2.75. The lowest BCUT2D eigenvalue weighted by Gasteiger charge is -2.32. The maximum Gasteiger partial charge on any atom is 0.0319 e. The van der Waals surface area contributed by atoms with Crippen molar-refractivity contribution in [2.24, 2.45) is 5.92 Å². The number of hydrogen-bond acceptors (Lipinski definition) is 2. The molecule has 1 fully saturated rings. The molecule has 0 radical (unpaired) electrons. The molecule has 12 heavy (non-hydrogen) atoms. The molecule has 0 bridgehead atoms. The van der Waals surface area contributed by atoms with Crippen molar-refractivity contribution >= 4 is 0 Å². The van der Waals surface area contributed by atoms with Gasteiger partial charge in [-0.1, -0.05) is 20.3 Å². The summed E-state index contributed by atoms with van der Waals surface area (Å²) >= 11 is 0. The lowest BCUT2D eigenvalue weighted by Crippen LogP contribution is -2.57. The molecule has 1 rings (SSSR count). The molecule has 2 atom stereocenters. The van der Waals surface area contributed by atoms with Gasteiger partial charge < -0.3 is 10.6 Å². The van der Waals surface area contributed by atoms with E-state index in [2.05, 4.69) is 31.4 Å². The number of hydrogen-bond donors (Lipinski definition) is 2. The summed E-state index contributed by atoms with van der Waals surface area (Å²) in [5.74, 6) is 0.862. The molecule has 0 aliphatic carbocycles. The van der Waals surface area contributed by atoms with E-state index in [1.54, 1.807) is 0 Å². The van der Waals surface area contributed by atoms with E-state index in [-0.39, 0.29) is 0 Å². The van der Waals surface area contributed by atoms with Gasteiger partial charge in [-0.15, -0.1) is 0 Å². The van der Waals surface area contributed by atoms with E-state index < -0.39 is 0 Å². The van der Waals surface area contributed by atoms with Gasteiger partial charge in [-0.2, -0.15) is 0 Å². The lowest BCUT2D eigenvalue weighted by atomic mass is 9.99. The molecule has 1 aliphatic heterocycles. The Bertz CT molecular complexity index is 114. The Balaban J connectivity index is 2.05. The summed E-state index contributed by atoms with van der Waals surface area (Å²) < 4.78 is 0. The molecule has 0 spiro atoms. The Labute approximate surface area is 76.1 Å². The minimum atomic E-state index is 0.687. The first-order chi connectivity index (χ1) is 5.72. The van der Waals surface area contributed by atoms with Crippen LogP contribution in [0.2, 0.25) is 0 Å². The van der Waals surface area contributed by atoms with E-state index in [0.717, 1.165) is 25.0 Å². The third-order valence-electron chi connectivity index (χ3n) is 2.75. The maximum atomic E-state index is 3.62. The van der Waals surface area contributed by atoms with Crippen molar-refractivity contribution in [1.82, 2.24) is 10.6 Å². The van der Waals surface area contributed by atoms with Crippen LogP contribution in [-0.4, -0.2) is 25.2 Å². The predicted octanol–water partition coefficient (Wildman–Crippen LogP) is 1.37. The van der Waals surface area contributed by atoms with Gasteiger partial charge >= 0.3 is 0 Å². The second kappa shape index (κ2) is 4.83. The highest BCUT2D eigenvalue weighted by Crippen LogP contribution is 2.10. The lowest BCUT2D eigenvalue weighted by molar-refractivity contribution is 0.307. The van der Waals surface area contributed by atoms with Gasteiger partial charge in [-0.3, -0.25) is 0 Å². The van der Waals surface area contributed by atoms with Crippen molar-refractivity contribution in [3.05, 3.63) is 0 Å². The molecule has 2 unspecified atom stereocenters. The van der Waals surface area contributed by atoms with Gasteiger partial charge in [0.25, 0.3) is 0 Å². The highest BCUT2D eigenvalue weighted by Gasteiger charge is 2.18. The number of rotatable bonds is 5. The summed E-state index contributed by atoms with van der Waals surface area (Å²) in [7, 11) is 0. The van der Waals surface area contributed by atoms with Crippen LogP contribution in [0.5, 0.6) is 0 Å². The molecule has 0 amide bonds. The largest absolute Gasteiger partial charge is 0.314 e. The monoisotopic (exact) mass is 170 g/mol. The van der Waals surface area contributed by atoms with Crippen LogP contribution in [0.1, 0.15) is 33.6 Å². The molecular formula is C10H22N2. The van der Waals surface area contributed by atoms with E-state index in [1.165, 1.54) is 12.8 Å². The molecule has 0 aromatic carbocycles. The summed E-state index contributed by atoms with van der Waals surface area (Å²) in [6, 6.07) is 1.43. The summed E-state index contributed by atoms with van der Waals surface area (Å²) in [6.45, 7) is 9.21. The SMILES string of the molecule is CCC(C)CC(C)NC1CNC1.